The Morgan fingerprint density at radius 2 is 0.656 bits per heavy atom. The van der Waals surface area contributed by atoms with Gasteiger partial charge in [-0.15, -0.1) is 0 Å². The molecular weight excluding hydrogens is 793 g/mol. The number of carbonyl (C=O) groups is 3. The van der Waals surface area contributed by atoms with Gasteiger partial charge in [0.25, 0.3) is 0 Å². The number of hydrogen-bond donors (Lipinski definition) is 0. The van der Waals surface area contributed by atoms with Crippen molar-refractivity contribution >= 4 is 17.9 Å². The molecule has 0 bridgehead atoms. The molecule has 1 atom stereocenters. The molecule has 0 aliphatic rings. The second kappa shape index (κ2) is 52.2. The number of unbranched alkanes of at least 4 members (excludes halogenated alkanes) is 22. The fourth-order valence-corrected chi connectivity index (χ4v) is 7.16. The van der Waals surface area contributed by atoms with E-state index in [-0.39, 0.29) is 37.5 Å². The van der Waals surface area contributed by atoms with Gasteiger partial charge in [-0.05, 0) is 83.5 Å². The van der Waals surface area contributed by atoms with Crippen LogP contribution in [0.1, 0.15) is 245 Å². The van der Waals surface area contributed by atoms with Crippen molar-refractivity contribution in [2.24, 2.45) is 0 Å². The third kappa shape index (κ3) is 49.6. The van der Waals surface area contributed by atoms with Gasteiger partial charge in [0.15, 0.2) is 6.10 Å². The summed E-state index contributed by atoms with van der Waals surface area (Å²) in [5.74, 6) is -0.971. The molecule has 0 rings (SSSR count). The Balaban J connectivity index is 4.48. The van der Waals surface area contributed by atoms with Gasteiger partial charge < -0.3 is 14.2 Å². The van der Waals surface area contributed by atoms with E-state index in [0.717, 1.165) is 109 Å². The third-order valence-electron chi connectivity index (χ3n) is 11.1. The summed E-state index contributed by atoms with van der Waals surface area (Å²) in [4.78, 5) is 38.0. The molecule has 0 aliphatic carbocycles. The van der Waals surface area contributed by atoms with Crippen LogP contribution in [0.25, 0.3) is 0 Å². The van der Waals surface area contributed by atoms with Crippen molar-refractivity contribution in [2.75, 3.05) is 13.2 Å². The molecule has 366 valence electrons. The molecule has 0 aromatic heterocycles. The zero-order valence-corrected chi connectivity index (χ0v) is 41.8. The average molecular weight is 891 g/mol. The van der Waals surface area contributed by atoms with E-state index in [1.54, 1.807) is 0 Å². The van der Waals surface area contributed by atoms with Crippen molar-refractivity contribution in [1.29, 1.82) is 0 Å². The van der Waals surface area contributed by atoms with Crippen molar-refractivity contribution in [1.82, 2.24) is 0 Å². The fourth-order valence-electron chi connectivity index (χ4n) is 7.16. The molecule has 0 spiro atoms. The van der Waals surface area contributed by atoms with E-state index in [2.05, 4.69) is 106 Å². The molecule has 0 radical (unpaired) electrons. The van der Waals surface area contributed by atoms with E-state index in [1.165, 1.54) is 89.9 Å². The van der Waals surface area contributed by atoms with Crippen LogP contribution in [0, 0.1) is 0 Å². The highest BCUT2D eigenvalue weighted by Crippen LogP contribution is 2.15. The van der Waals surface area contributed by atoms with Gasteiger partial charge in [0.2, 0.25) is 0 Å². The smallest absolute Gasteiger partial charge is 0.306 e. The summed E-state index contributed by atoms with van der Waals surface area (Å²) >= 11 is 0. The lowest BCUT2D eigenvalue weighted by molar-refractivity contribution is -0.167. The molecule has 0 fully saturated rings. The Hall–Kier alpha value is -3.41. The Kier molecular flexibility index (Phi) is 49.4. The van der Waals surface area contributed by atoms with Crippen molar-refractivity contribution in [2.45, 2.75) is 252 Å². The van der Waals surface area contributed by atoms with Gasteiger partial charge >= 0.3 is 17.9 Å². The van der Waals surface area contributed by atoms with E-state index in [0.29, 0.717) is 19.3 Å². The lowest BCUT2D eigenvalue weighted by atomic mass is 10.0. The molecule has 0 aromatic carbocycles. The lowest BCUT2D eigenvalue weighted by Crippen LogP contribution is -2.30. The summed E-state index contributed by atoms with van der Waals surface area (Å²) in [6.07, 6.45) is 67.1. The zero-order valence-electron chi connectivity index (χ0n) is 41.8. The molecule has 0 heterocycles. The van der Waals surface area contributed by atoms with E-state index in [4.69, 9.17) is 14.2 Å². The van der Waals surface area contributed by atoms with Gasteiger partial charge in [0.1, 0.15) is 13.2 Å². The van der Waals surface area contributed by atoms with Crippen LogP contribution < -0.4 is 0 Å². The monoisotopic (exact) mass is 891 g/mol. The fraction of sp³-hybridized carbons (Fsp3) is 0.707. The first-order chi connectivity index (χ1) is 31.5. The van der Waals surface area contributed by atoms with Gasteiger partial charge in [0, 0.05) is 19.3 Å². The van der Waals surface area contributed by atoms with Crippen LogP contribution in [0.4, 0.5) is 0 Å². The number of ether oxygens (including phenoxy) is 3. The van der Waals surface area contributed by atoms with Gasteiger partial charge in [-0.1, -0.05) is 228 Å². The zero-order chi connectivity index (χ0) is 46.5. The maximum absolute atomic E-state index is 12.8. The normalized spacial score (nSPS) is 12.7. The van der Waals surface area contributed by atoms with Crippen molar-refractivity contribution in [3.05, 3.63) is 85.1 Å². The standard InChI is InChI=1S/C58H98O6/c1-4-7-10-13-16-19-22-25-27-29-31-33-36-39-42-45-48-51-57(60)63-54-55(53-62-56(59)50-47-44-41-38-35-32-24-21-18-15-12-9-6-3)64-58(61)52-49-46-43-40-37-34-30-28-26-23-20-17-14-11-8-5-2/h7,10,12,15-16,19,21,24-25,27,31,33,39,42,55H,4-6,8-9,11,13-14,17-18,20,22-23,26,28-30,32,34-38,40-41,43-54H2,1-3H3/b10-7-,15-12-,19-16-,24-21-,27-25-,33-31-,42-39-. The molecule has 1 unspecified atom stereocenters. The van der Waals surface area contributed by atoms with Crippen LogP contribution in [-0.4, -0.2) is 37.2 Å². The summed E-state index contributed by atoms with van der Waals surface area (Å²) in [6, 6.07) is 0. The highest BCUT2D eigenvalue weighted by molar-refractivity contribution is 5.71. The molecule has 0 saturated carbocycles. The molecule has 0 aliphatic heterocycles. The molecule has 6 nitrogen and oxygen atoms in total. The molecule has 0 saturated heterocycles. The van der Waals surface area contributed by atoms with Crippen molar-refractivity contribution in [3.8, 4) is 0 Å². The van der Waals surface area contributed by atoms with Crippen LogP contribution in [0.15, 0.2) is 85.1 Å². The minimum atomic E-state index is -0.803. The highest BCUT2D eigenvalue weighted by Gasteiger charge is 2.19. The van der Waals surface area contributed by atoms with E-state index < -0.39 is 6.10 Å². The van der Waals surface area contributed by atoms with E-state index in [9.17, 15) is 14.4 Å². The lowest BCUT2D eigenvalue weighted by Gasteiger charge is -2.18. The van der Waals surface area contributed by atoms with Crippen LogP contribution in [0.5, 0.6) is 0 Å². The second-order valence-electron chi connectivity index (χ2n) is 17.4. The van der Waals surface area contributed by atoms with Crippen LogP contribution in [-0.2, 0) is 28.6 Å². The van der Waals surface area contributed by atoms with Gasteiger partial charge in [0.05, 0.1) is 0 Å². The summed E-state index contributed by atoms with van der Waals surface area (Å²) < 4.78 is 16.8. The molecule has 64 heavy (non-hydrogen) atoms. The quantitative estimate of drug-likeness (QED) is 0.0262. The van der Waals surface area contributed by atoms with Crippen LogP contribution in [0.2, 0.25) is 0 Å². The van der Waals surface area contributed by atoms with Gasteiger partial charge in [-0.3, -0.25) is 14.4 Å². The van der Waals surface area contributed by atoms with Crippen molar-refractivity contribution in [3.63, 3.8) is 0 Å². The Morgan fingerprint density at radius 3 is 1.08 bits per heavy atom. The minimum absolute atomic E-state index is 0.100. The number of hydrogen-bond acceptors (Lipinski definition) is 6. The second-order valence-corrected chi connectivity index (χ2v) is 17.4. The van der Waals surface area contributed by atoms with Crippen molar-refractivity contribution < 1.29 is 28.6 Å². The first-order valence-electron chi connectivity index (χ1n) is 26.6. The Labute approximate surface area is 395 Å². The molecule has 0 aromatic rings. The first-order valence-corrected chi connectivity index (χ1v) is 26.6. The largest absolute Gasteiger partial charge is 0.462 e. The Bertz CT molecular complexity index is 1250. The summed E-state index contributed by atoms with van der Waals surface area (Å²) in [6.45, 7) is 6.41. The number of allylic oxidation sites excluding steroid dienone is 14. The molecule has 0 N–H and O–H groups in total. The summed E-state index contributed by atoms with van der Waals surface area (Å²) in [5.41, 5.74) is 0. The Morgan fingerprint density at radius 1 is 0.328 bits per heavy atom. The van der Waals surface area contributed by atoms with E-state index in [1.807, 2.05) is 0 Å². The van der Waals surface area contributed by atoms with Crippen LogP contribution in [0.3, 0.4) is 0 Å². The van der Waals surface area contributed by atoms with E-state index >= 15 is 0 Å². The summed E-state index contributed by atoms with van der Waals surface area (Å²) in [7, 11) is 0. The average Bonchev–Trinajstić information content (AvgIpc) is 3.29. The predicted octanol–water partition coefficient (Wildman–Crippen LogP) is 17.6. The molecule has 0 amide bonds. The minimum Gasteiger partial charge on any atom is -0.462 e. The van der Waals surface area contributed by atoms with Crippen LogP contribution >= 0.6 is 0 Å². The maximum Gasteiger partial charge on any atom is 0.306 e. The topological polar surface area (TPSA) is 78.9 Å². The number of esters is 3. The van der Waals surface area contributed by atoms with Gasteiger partial charge in [-0.25, -0.2) is 0 Å². The third-order valence-corrected chi connectivity index (χ3v) is 11.1. The molecule has 6 heteroatoms. The van der Waals surface area contributed by atoms with Gasteiger partial charge in [-0.2, -0.15) is 0 Å². The predicted molar refractivity (Wildman–Crippen MR) is 274 cm³/mol. The maximum atomic E-state index is 12.8. The highest BCUT2D eigenvalue weighted by atomic mass is 16.6. The SMILES string of the molecule is CC/C=C\C/C=C\C/C=C\C/C=C\C/C=C\CCCC(=O)OCC(COC(=O)CCCCCCC/C=C\C/C=C\CCC)OC(=O)CCCCCCCCCCCCCCCCCC. The first kappa shape index (κ1) is 60.6. The number of rotatable bonds is 47. The molecular formula is C58H98O6. The number of carbonyl (C=O) groups excluding carboxylic acids is 3. The summed E-state index contributed by atoms with van der Waals surface area (Å²) in [5, 5.41) is 0.